The zero-order chi connectivity index (χ0) is 10.7. The van der Waals surface area contributed by atoms with E-state index in [9.17, 15) is 0 Å². The van der Waals surface area contributed by atoms with Crippen LogP contribution in [0.4, 0.5) is 0 Å². The van der Waals surface area contributed by atoms with Gasteiger partial charge in [0, 0.05) is 10.5 Å². The van der Waals surface area contributed by atoms with E-state index in [0.29, 0.717) is 5.92 Å². The number of hydrogen-bond acceptors (Lipinski definition) is 1. The minimum atomic E-state index is 0.160. The van der Waals surface area contributed by atoms with Gasteiger partial charge in [0.2, 0.25) is 0 Å². The molecule has 1 atom stereocenters. The molecular weight excluding hydrogens is 238 g/mol. The second kappa shape index (κ2) is 4.94. The summed E-state index contributed by atoms with van der Waals surface area (Å²) in [7, 11) is 0. The molecule has 0 saturated carbocycles. The molecular formula is C12H18BrN. The Hall–Kier alpha value is -0.340. The SMILES string of the molecule is Cc1ccc(Br)cc1[C@@H](N)CC(C)C. The normalized spacial score (nSPS) is 13.3. The number of rotatable bonds is 3. The second-order valence-corrected chi connectivity index (χ2v) is 5.15. The third-order valence-electron chi connectivity index (χ3n) is 2.37. The lowest BCUT2D eigenvalue weighted by Gasteiger charge is -2.17. The third-order valence-corrected chi connectivity index (χ3v) is 2.86. The lowest BCUT2D eigenvalue weighted by molar-refractivity contribution is 0.508. The molecule has 1 aromatic carbocycles. The molecule has 0 heterocycles. The predicted octanol–water partition coefficient (Wildman–Crippen LogP) is 3.80. The molecule has 14 heavy (non-hydrogen) atoms. The maximum atomic E-state index is 6.14. The van der Waals surface area contributed by atoms with E-state index in [0.717, 1.165) is 10.9 Å². The van der Waals surface area contributed by atoms with Crippen LogP contribution in [0.25, 0.3) is 0 Å². The summed E-state index contributed by atoms with van der Waals surface area (Å²) < 4.78 is 1.11. The van der Waals surface area contributed by atoms with Gasteiger partial charge in [-0.05, 0) is 42.5 Å². The van der Waals surface area contributed by atoms with Crippen LogP contribution in [0, 0.1) is 12.8 Å². The molecule has 78 valence electrons. The van der Waals surface area contributed by atoms with E-state index >= 15 is 0 Å². The first-order chi connectivity index (χ1) is 6.50. The van der Waals surface area contributed by atoms with E-state index in [-0.39, 0.29) is 6.04 Å². The highest BCUT2D eigenvalue weighted by Crippen LogP contribution is 2.24. The molecule has 2 heteroatoms. The average molecular weight is 256 g/mol. The molecule has 0 unspecified atom stereocenters. The van der Waals surface area contributed by atoms with Crippen molar-refractivity contribution in [2.24, 2.45) is 11.7 Å². The van der Waals surface area contributed by atoms with E-state index in [2.05, 4.69) is 54.9 Å². The molecule has 0 bridgehead atoms. The Balaban J connectivity index is 2.88. The van der Waals surface area contributed by atoms with Gasteiger partial charge in [-0.1, -0.05) is 35.8 Å². The summed E-state index contributed by atoms with van der Waals surface area (Å²) in [5.41, 5.74) is 8.68. The van der Waals surface area contributed by atoms with E-state index in [4.69, 9.17) is 5.73 Å². The van der Waals surface area contributed by atoms with E-state index < -0.39 is 0 Å². The van der Waals surface area contributed by atoms with Crippen molar-refractivity contribution in [3.63, 3.8) is 0 Å². The summed E-state index contributed by atoms with van der Waals surface area (Å²) in [4.78, 5) is 0. The molecule has 0 aromatic heterocycles. The molecule has 1 aromatic rings. The van der Waals surface area contributed by atoms with Crippen molar-refractivity contribution >= 4 is 15.9 Å². The van der Waals surface area contributed by atoms with Crippen LogP contribution in [0.5, 0.6) is 0 Å². The zero-order valence-corrected chi connectivity index (χ0v) is 10.6. The molecule has 0 aliphatic carbocycles. The zero-order valence-electron chi connectivity index (χ0n) is 9.05. The lowest BCUT2D eigenvalue weighted by atomic mass is 9.95. The standard InChI is InChI=1S/C12H18BrN/c1-8(2)6-12(14)11-7-10(13)5-4-9(11)3/h4-5,7-8,12H,6,14H2,1-3H3/t12-/m0/s1. The Morgan fingerprint density at radius 2 is 2.00 bits per heavy atom. The van der Waals surface area contributed by atoms with Crippen LogP contribution in [0.2, 0.25) is 0 Å². The number of nitrogens with two attached hydrogens (primary N) is 1. The lowest BCUT2D eigenvalue weighted by Crippen LogP contribution is -2.14. The van der Waals surface area contributed by atoms with Crippen LogP contribution in [-0.4, -0.2) is 0 Å². The first kappa shape index (κ1) is 11.7. The molecule has 0 spiro atoms. The summed E-state index contributed by atoms with van der Waals surface area (Å²) >= 11 is 3.48. The topological polar surface area (TPSA) is 26.0 Å². The molecule has 1 rings (SSSR count). The summed E-state index contributed by atoms with van der Waals surface area (Å²) in [5, 5.41) is 0. The van der Waals surface area contributed by atoms with E-state index in [1.54, 1.807) is 0 Å². The van der Waals surface area contributed by atoms with Crippen molar-refractivity contribution in [3.8, 4) is 0 Å². The van der Waals surface area contributed by atoms with Crippen molar-refractivity contribution < 1.29 is 0 Å². The fourth-order valence-electron chi connectivity index (χ4n) is 1.65. The fourth-order valence-corrected chi connectivity index (χ4v) is 2.02. The Morgan fingerprint density at radius 3 is 2.57 bits per heavy atom. The number of halogens is 1. The minimum Gasteiger partial charge on any atom is -0.324 e. The van der Waals surface area contributed by atoms with E-state index in [1.165, 1.54) is 11.1 Å². The minimum absolute atomic E-state index is 0.160. The first-order valence-corrected chi connectivity index (χ1v) is 5.81. The van der Waals surface area contributed by atoms with Crippen LogP contribution < -0.4 is 5.73 Å². The van der Waals surface area contributed by atoms with Gasteiger partial charge in [0.05, 0.1) is 0 Å². The third kappa shape index (κ3) is 3.10. The quantitative estimate of drug-likeness (QED) is 0.874. The molecule has 0 aliphatic rings. The van der Waals surface area contributed by atoms with Gasteiger partial charge in [-0.15, -0.1) is 0 Å². The average Bonchev–Trinajstić information content (AvgIpc) is 2.08. The van der Waals surface area contributed by atoms with Crippen molar-refractivity contribution in [2.45, 2.75) is 33.2 Å². The number of aryl methyl sites for hydroxylation is 1. The highest BCUT2D eigenvalue weighted by Gasteiger charge is 2.10. The molecule has 1 nitrogen and oxygen atoms in total. The monoisotopic (exact) mass is 255 g/mol. The molecule has 0 aliphatic heterocycles. The Labute approximate surface area is 94.8 Å². The molecule has 0 radical (unpaired) electrons. The summed E-state index contributed by atoms with van der Waals surface area (Å²) in [6, 6.07) is 6.45. The Bertz CT molecular complexity index is 307. The Morgan fingerprint density at radius 1 is 1.36 bits per heavy atom. The van der Waals surface area contributed by atoms with Gasteiger partial charge >= 0.3 is 0 Å². The molecule has 2 N–H and O–H groups in total. The maximum Gasteiger partial charge on any atom is 0.0300 e. The summed E-state index contributed by atoms with van der Waals surface area (Å²) in [6.07, 6.45) is 1.04. The van der Waals surface area contributed by atoms with Crippen molar-refractivity contribution in [1.82, 2.24) is 0 Å². The van der Waals surface area contributed by atoms with Crippen LogP contribution in [-0.2, 0) is 0 Å². The van der Waals surface area contributed by atoms with Gasteiger partial charge < -0.3 is 5.73 Å². The van der Waals surface area contributed by atoms with Crippen LogP contribution in [0.3, 0.4) is 0 Å². The van der Waals surface area contributed by atoms with Gasteiger partial charge in [-0.2, -0.15) is 0 Å². The van der Waals surface area contributed by atoms with Crippen LogP contribution in [0.1, 0.15) is 37.4 Å². The predicted molar refractivity (Wildman–Crippen MR) is 65.3 cm³/mol. The van der Waals surface area contributed by atoms with Gasteiger partial charge in [-0.25, -0.2) is 0 Å². The molecule has 0 amide bonds. The van der Waals surface area contributed by atoms with Gasteiger partial charge in [-0.3, -0.25) is 0 Å². The van der Waals surface area contributed by atoms with E-state index in [1.807, 2.05) is 0 Å². The largest absolute Gasteiger partial charge is 0.324 e. The maximum absolute atomic E-state index is 6.14. The Kier molecular flexibility index (Phi) is 4.14. The second-order valence-electron chi connectivity index (χ2n) is 4.24. The summed E-state index contributed by atoms with van der Waals surface area (Å²) in [6.45, 7) is 6.52. The molecule has 0 saturated heterocycles. The van der Waals surface area contributed by atoms with Crippen molar-refractivity contribution in [1.29, 1.82) is 0 Å². The smallest absolute Gasteiger partial charge is 0.0300 e. The van der Waals surface area contributed by atoms with Gasteiger partial charge in [0.25, 0.3) is 0 Å². The summed E-state index contributed by atoms with van der Waals surface area (Å²) in [5.74, 6) is 0.642. The van der Waals surface area contributed by atoms with Crippen molar-refractivity contribution in [3.05, 3.63) is 33.8 Å². The van der Waals surface area contributed by atoms with Crippen LogP contribution in [0.15, 0.2) is 22.7 Å². The highest BCUT2D eigenvalue weighted by molar-refractivity contribution is 9.10. The first-order valence-electron chi connectivity index (χ1n) is 5.02. The number of hydrogen-bond donors (Lipinski definition) is 1. The van der Waals surface area contributed by atoms with Gasteiger partial charge in [0.15, 0.2) is 0 Å². The van der Waals surface area contributed by atoms with Crippen LogP contribution >= 0.6 is 15.9 Å². The molecule has 0 fully saturated rings. The van der Waals surface area contributed by atoms with Crippen molar-refractivity contribution in [2.75, 3.05) is 0 Å². The fraction of sp³-hybridized carbons (Fsp3) is 0.500. The highest BCUT2D eigenvalue weighted by atomic mass is 79.9. The van der Waals surface area contributed by atoms with Gasteiger partial charge in [0.1, 0.15) is 0 Å². The number of benzene rings is 1.